The van der Waals surface area contributed by atoms with Crippen LogP contribution in [-0.4, -0.2) is 44.9 Å². The molecule has 0 saturated carbocycles. The minimum Gasteiger partial charge on any atom is -0.465 e. The highest BCUT2D eigenvalue weighted by Gasteiger charge is 2.41. The molecular weight excluding hydrogens is 610 g/mol. The fraction of sp³-hybridized carbons (Fsp3) is 0.171. The van der Waals surface area contributed by atoms with E-state index in [1.165, 1.54) is 4.90 Å². The number of rotatable bonds is 7. The number of fused-ring (bicyclic) bond motifs is 1. The van der Waals surface area contributed by atoms with Crippen molar-refractivity contribution in [2.45, 2.75) is 25.3 Å². The molecule has 2 N–H and O–H groups in total. The molecule has 0 bridgehead atoms. The molecule has 2 heterocycles. The van der Waals surface area contributed by atoms with Crippen molar-refractivity contribution in [2.24, 2.45) is 5.92 Å². The third-order valence-electron chi connectivity index (χ3n) is 9.55. The Balaban J connectivity index is 1.49. The van der Waals surface area contributed by atoms with Crippen molar-refractivity contribution in [1.29, 1.82) is 5.26 Å². The quantitative estimate of drug-likeness (QED) is 0.171. The van der Waals surface area contributed by atoms with Crippen molar-refractivity contribution in [3.8, 4) is 17.2 Å². The summed E-state index contributed by atoms with van der Waals surface area (Å²) in [7, 11) is 0. The van der Waals surface area contributed by atoms with Crippen molar-refractivity contribution in [1.82, 2.24) is 14.7 Å². The molecule has 1 fully saturated rings. The molecule has 0 radical (unpaired) electrons. The number of carboxylic acid groups (broad SMARTS) is 1. The Morgan fingerprint density at radius 2 is 1.47 bits per heavy atom. The lowest BCUT2D eigenvalue weighted by atomic mass is 9.77. The first-order valence-corrected chi connectivity index (χ1v) is 16.4. The van der Waals surface area contributed by atoms with E-state index in [-0.39, 0.29) is 12.5 Å². The highest BCUT2D eigenvalue weighted by atomic mass is 16.4. The lowest BCUT2D eigenvalue weighted by molar-refractivity contribution is -0.121. The van der Waals surface area contributed by atoms with Gasteiger partial charge in [-0.3, -0.25) is 4.79 Å². The molecule has 1 aliphatic rings. The second kappa shape index (κ2) is 13.1. The number of likely N-dealkylation sites (tertiary alicyclic amines) is 1. The number of hydrogen-bond donors (Lipinski definition) is 2. The van der Waals surface area contributed by atoms with Gasteiger partial charge in [0, 0.05) is 18.5 Å². The maximum absolute atomic E-state index is 13.9. The van der Waals surface area contributed by atoms with E-state index in [2.05, 4.69) is 47.8 Å². The zero-order valence-corrected chi connectivity index (χ0v) is 27.1. The Morgan fingerprint density at radius 1 is 0.857 bits per heavy atom. The molecule has 6 aromatic rings. The molecule has 2 amide bonds. The normalized spacial score (nSPS) is 14.7. The topological polar surface area (TPSA) is 111 Å². The van der Waals surface area contributed by atoms with E-state index >= 15 is 0 Å². The number of benzene rings is 5. The van der Waals surface area contributed by atoms with Crippen LogP contribution in [-0.2, 0) is 10.3 Å². The maximum Gasteiger partial charge on any atom is 0.407 e. The number of anilines is 1. The molecule has 49 heavy (non-hydrogen) atoms. The number of hydrogen-bond acceptors (Lipinski definition) is 4. The van der Waals surface area contributed by atoms with E-state index in [1.807, 2.05) is 96.5 Å². The van der Waals surface area contributed by atoms with Gasteiger partial charge in [-0.1, -0.05) is 103 Å². The number of nitriles is 1. The average molecular weight is 646 g/mol. The van der Waals surface area contributed by atoms with Crippen LogP contribution in [0.4, 0.5) is 10.6 Å². The highest BCUT2D eigenvalue weighted by molar-refractivity contribution is 6.02. The van der Waals surface area contributed by atoms with E-state index in [0.717, 1.165) is 44.3 Å². The summed E-state index contributed by atoms with van der Waals surface area (Å²) in [5.41, 5.74) is 6.18. The van der Waals surface area contributed by atoms with Gasteiger partial charge in [-0.05, 0) is 77.4 Å². The van der Waals surface area contributed by atoms with Gasteiger partial charge in [-0.15, -0.1) is 0 Å². The van der Waals surface area contributed by atoms with Crippen molar-refractivity contribution in [2.75, 3.05) is 18.4 Å². The standard InChI is InChI=1S/C41H35N5O3/c1-28-19-20-29(26-42)24-35(28)30-21-22-37-36(25-30)38(43-39(47)31-12-11-23-45(27-31)40(48)49)44-46(37)41(32-13-5-2-6-14-32,33-15-7-3-8-16-33)34-17-9-4-10-18-34/h2-10,13-22,24-25,31H,11-12,23,27H2,1H3,(H,48,49)(H,43,44,47)/t31-/m1/s1. The van der Waals surface area contributed by atoms with E-state index in [1.54, 1.807) is 6.07 Å². The summed E-state index contributed by atoms with van der Waals surface area (Å²) in [5, 5.41) is 28.4. The summed E-state index contributed by atoms with van der Waals surface area (Å²) in [4.78, 5) is 27.0. The Kier molecular flexibility index (Phi) is 8.41. The van der Waals surface area contributed by atoms with Gasteiger partial charge in [0.15, 0.2) is 5.82 Å². The van der Waals surface area contributed by atoms with E-state index < -0.39 is 17.6 Å². The predicted molar refractivity (Wildman–Crippen MR) is 190 cm³/mol. The third kappa shape index (κ3) is 5.70. The van der Waals surface area contributed by atoms with Crippen LogP contribution in [0, 0.1) is 24.2 Å². The fourth-order valence-electron chi connectivity index (χ4n) is 7.12. The first-order chi connectivity index (χ1) is 23.9. The number of carbonyl (C=O) groups is 2. The number of amides is 2. The van der Waals surface area contributed by atoms with Gasteiger partial charge in [-0.2, -0.15) is 10.4 Å². The molecule has 0 spiro atoms. The van der Waals surface area contributed by atoms with Crippen LogP contribution in [0.25, 0.3) is 22.0 Å². The fourth-order valence-corrected chi connectivity index (χ4v) is 7.12. The van der Waals surface area contributed by atoms with Gasteiger partial charge in [0.1, 0.15) is 5.54 Å². The van der Waals surface area contributed by atoms with Crippen LogP contribution in [0.1, 0.15) is 40.7 Å². The van der Waals surface area contributed by atoms with E-state index in [0.29, 0.717) is 30.8 Å². The molecular formula is C41H35N5O3. The summed E-state index contributed by atoms with van der Waals surface area (Å²) < 4.78 is 2.00. The zero-order chi connectivity index (χ0) is 34.0. The monoisotopic (exact) mass is 645 g/mol. The summed E-state index contributed by atoms with van der Waals surface area (Å²) in [5.74, 6) is -0.393. The number of carbonyl (C=O) groups excluding carboxylic acids is 1. The van der Waals surface area contributed by atoms with Gasteiger partial charge < -0.3 is 15.3 Å². The maximum atomic E-state index is 13.9. The molecule has 242 valence electrons. The van der Waals surface area contributed by atoms with Crippen LogP contribution in [0.5, 0.6) is 0 Å². The van der Waals surface area contributed by atoms with Gasteiger partial charge >= 0.3 is 6.09 Å². The molecule has 1 aliphatic heterocycles. The average Bonchev–Trinajstić information content (AvgIpc) is 3.50. The Hall–Kier alpha value is -6.20. The second-order valence-corrected chi connectivity index (χ2v) is 12.5. The van der Waals surface area contributed by atoms with Crippen LogP contribution >= 0.6 is 0 Å². The Morgan fingerprint density at radius 3 is 2.04 bits per heavy atom. The summed E-state index contributed by atoms with van der Waals surface area (Å²) in [6.07, 6.45) is 0.170. The molecule has 5 aromatic carbocycles. The molecule has 8 nitrogen and oxygen atoms in total. The third-order valence-corrected chi connectivity index (χ3v) is 9.55. The number of aryl methyl sites for hydroxylation is 1. The number of piperidine rings is 1. The molecule has 1 aromatic heterocycles. The van der Waals surface area contributed by atoms with Crippen molar-refractivity contribution in [3.63, 3.8) is 0 Å². The number of aromatic nitrogens is 2. The minimum absolute atomic E-state index is 0.132. The lowest BCUT2D eigenvalue weighted by Gasteiger charge is -2.37. The second-order valence-electron chi connectivity index (χ2n) is 12.5. The molecule has 8 heteroatoms. The van der Waals surface area contributed by atoms with Gasteiger partial charge in [0.2, 0.25) is 5.91 Å². The summed E-state index contributed by atoms with van der Waals surface area (Å²) >= 11 is 0. The molecule has 0 unspecified atom stereocenters. The first kappa shape index (κ1) is 31.4. The highest BCUT2D eigenvalue weighted by Crippen LogP contribution is 2.44. The van der Waals surface area contributed by atoms with Gasteiger partial charge in [0.05, 0.1) is 23.1 Å². The summed E-state index contributed by atoms with van der Waals surface area (Å²) in [6.45, 7) is 2.55. The lowest BCUT2D eigenvalue weighted by Crippen LogP contribution is -2.43. The predicted octanol–water partition coefficient (Wildman–Crippen LogP) is 8.05. The number of nitrogens with zero attached hydrogens (tertiary/aromatic N) is 4. The van der Waals surface area contributed by atoms with E-state index in [9.17, 15) is 20.0 Å². The molecule has 7 rings (SSSR count). The Labute approximate surface area is 284 Å². The number of nitrogens with one attached hydrogen (secondary N) is 1. The zero-order valence-electron chi connectivity index (χ0n) is 27.1. The molecule has 0 aliphatic carbocycles. The van der Waals surface area contributed by atoms with Crippen molar-refractivity contribution < 1.29 is 14.7 Å². The van der Waals surface area contributed by atoms with Crippen LogP contribution in [0.2, 0.25) is 0 Å². The van der Waals surface area contributed by atoms with Crippen LogP contribution < -0.4 is 5.32 Å². The largest absolute Gasteiger partial charge is 0.465 e. The smallest absolute Gasteiger partial charge is 0.407 e. The van der Waals surface area contributed by atoms with Crippen LogP contribution in [0.3, 0.4) is 0 Å². The summed E-state index contributed by atoms with van der Waals surface area (Å²) in [6, 6.07) is 44.6. The Bertz CT molecular complexity index is 2090. The van der Waals surface area contributed by atoms with Gasteiger partial charge in [0.25, 0.3) is 0 Å². The SMILES string of the molecule is Cc1ccc(C#N)cc1-c1ccc2c(c1)c(NC(=O)[C@@H]1CCCN(C(=O)O)C1)nn2C(c1ccccc1)(c1ccccc1)c1ccccc1. The molecule has 1 saturated heterocycles. The minimum atomic E-state index is -1.02. The van der Waals surface area contributed by atoms with Crippen molar-refractivity contribution >= 4 is 28.7 Å². The van der Waals surface area contributed by atoms with Crippen LogP contribution in [0.15, 0.2) is 127 Å². The first-order valence-electron chi connectivity index (χ1n) is 16.4. The van der Waals surface area contributed by atoms with E-state index in [4.69, 9.17) is 5.10 Å². The van der Waals surface area contributed by atoms with Crippen molar-refractivity contribution in [3.05, 3.63) is 155 Å². The van der Waals surface area contributed by atoms with Gasteiger partial charge in [-0.25, -0.2) is 9.48 Å². The molecule has 1 atom stereocenters.